The average Bonchev–Trinajstić information content (AvgIpc) is 2.86. The fourth-order valence-corrected chi connectivity index (χ4v) is 2.69. The molecule has 0 spiro atoms. The summed E-state index contributed by atoms with van der Waals surface area (Å²) in [4.78, 5) is 12.1. The topological polar surface area (TPSA) is 56.2 Å². The Morgan fingerprint density at radius 3 is 2.21 bits per heavy atom. The van der Waals surface area contributed by atoms with Crippen LogP contribution in [0.1, 0.15) is 30.8 Å². The molecular formula is C18H20ClF4N3O2. The first kappa shape index (κ1) is 22.0. The quantitative estimate of drug-likeness (QED) is 0.546. The van der Waals surface area contributed by atoms with Crippen LogP contribution in [0.25, 0.3) is 0 Å². The lowest BCUT2D eigenvalue weighted by Gasteiger charge is -2.14. The lowest BCUT2D eigenvalue weighted by Crippen LogP contribution is -2.27. The molecule has 0 saturated heterocycles. The first-order chi connectivity index (χ1) is 13.0. The van der Waals surface area contributed by atoms with E-state index >= 15 is 0 Å². The number of carbonyl (C=O) groups excluding carboxylic acids is 1. The van der Waals surface area contributed by atoms with Gasteiger partial charge in [0.2, 0.25) is 17.5 Å². The largest absolute Gasteiger partial charge is 0.487 e. The van der Waals surface area contributed by atoms with Crippen molar-refractivity contribution in [2.75, 3.05) is 6.61 Å². The normalized spacial score (nSPS) is 11.2. The molecule has 0 aliphatic carbocycles. The first-order valence-corrected chi connectivity index (χ1v) is 8.84. The van der Waals surface area contributed by atoms with E-state index < -0.39 is 47.0 Å². The van der Waals surface area contributed by atoms with E-state index in [4.69, 9.17) is 16.3 Å². The number of rotatable bonds is 7. The van der Waals surface area contributed by atoms with Crippen molar-refractivity contribution in [2.24, 2.45) is 13.0 Å². The Bertz CT molecular complexity index is 871. The Balaban J connectivity index is 2.16. The van der Waals surface area contributed by atoms with Gasteiger partial charge in [-0.25, -0.2) is 8.78 Å². The Morgan fingerprint density at radius 2 is 1.75 bits per heavy atom. The molecule has 0 atom stereocenters. The van der Waals surface area contributed by atoms with Gasteiger partial charge < -0.3 is 10.1 Å². The molecule has 1 aromatic heterocycles. The number of hydrogen-bond acceptors (Lipinski definition) is 3. The summed E-state index contributed by atoms with van der Waals surface area (Å²) in [5.41, 5.74) is -0.0230. The van der Waals surface area contributed by atoms with E-state index in [-0.39, 0.29) is 18.9 Å². The molecule has 5 nitrogen and oxygen atoms in total. The molecule has 0 saturated carbocycles. The van der Waals surface area contributed by atoms with E-state index in [0.717, 1.165) is 0 Å². The van der Waals surface area contributed by atoms with Gasteiger partial charge in [-0.15, -0.1) is 0 Å². The number of carbonyl (C=O) groups is 1. The highest BCUT2D eigenvalue weighted by Gasteiger charge is 2.27. The summed E-state index contributed by atoms with van der Waals surface area (Å²) in [5.74, 6) is -8.39. The Hall–Kier alpha value is -2.29. The molecule has 0 aliphatic heterocycles. The van der Waals surface area contributed by atoms with E-state index in [1.807, 2.05) is 0 Å². The number of amides is 1. The van der Waals surface area contributed by atoms with Crippen LogP contribution < -0.4 is 10.1 Å². The predicted molar refractivity (Wildman–Crippen MR) is 95.1 cm³/mol. The van der Waals surface area contributed by atoms with Crippen LogP contribution in [0.3, 0.4) is 0 Å². The van der Waals surface area contributed by atoms with Crippen LogP contribution in [0.15, 0.2) is 0 Å². The number of benzene rings is 1. The Kier molecular flexibility index (Phi) is 6.92. The van der Waals surface area contributed by atoms with Gasteiger partial charge >= 0.3 is 0 Å². The average molecular weight is 422 g/mol. The van der Waals surface area contributed by atoms with Gasteiger partial charge in [0, 0.05) is 19.2 Å². The van der Waals surface area contributed by atoms with Gasteiger partial charge in [-0.3, -0.25) is 9.48 Å². The van der Waals surface area contributed by atoms with Gasteiger partial charge in [0.15, 0.2) is 17.4 Å². The second kappa shape index (κ2) is 8.81. The maximum absolute atomic E-state index is 14.2. The molecule has 2 aromatic rings. The maximum atomic E-state index is 14.2. The van der Waals surface area contributed by atoms with Crippen molar-refractivity contribution >= 4 is 17.5 Å². The molecule has 28 heavy (non-hydrogen) atoms. The van der Waals surface area contributed by atoms with Crippen LogP contribution in [0, 0.1) is 36.1 Å². The van der Waals surface area contributed by atoms with E-state index in [1.54, 1.807) is 27.8 Å². The molecule has 1 heterocycles. The second-order valence-corrected chi connectivity index (χ2v) is 7.07. The number of halogens is 5. The minimum atomic E-state index is -1.64. The summed E-state index contributed by atoms with van der Waals surface area (Å²) in [7, 11) is 1.58. The monoisotopic (exact) mass is 421 g/mol. The van der Waals surface area contributed by atoms with Crippen LogP contribution in [0.4, 0.5) is 17.6 Å². The second-order valence-electron chi connectivity index (χ2n) is 6.69. The van der Waals surface area contributed by atoms with Crippen molar-refractivity contribution in [3.05, 3.63) is 45.2 Å². The van der Waals surface area contributed by atoms with Crippen molar-refractivity contribution in [1.29, 1.82) is 0 Å². The fourth-order valence-electron chi connectivity index (χ4n) is 2.46. The van der Waals surface area contributed by atoms with Crippen LogP contribution in [-0.2, 0) is 24.8 Å². The number of aromatic nitrogens is 2. The van der Waals surface area contributed by atoms with Crippen molar-refractivity contribution in [3.63, 3.8) is 0 Å². The van der Waals surface area contributed by atoms with Gasteiger partial charge in [-0.1, -0.05) is 25.4 Å². The highest BCUT2D eigenvalue weighted by Crippen LogP contribution is 2.30. The van der Waals surface area contributed by atoms with E-state index in [9.17, 15) is 22.4 Å². The first-order valence-electron chi connectivity index (χ1n) is 8.46. The summed E-state index contributed by atoms with van der Waals surface area (Å²) >= 11 is 6.04. The maximum Gasteiger partial charge on any atom is 0.226 e. The molecule has 154 valence electrons. The van der Waals surface area contributed by atoms with E-state index in [1.165, 1.54) is 4.68 Å². The molecule has 2 rings (SSSR count). The summed E-state index contributed by atoms with van der Waals surface area (Å²) < 4.78 is 62.8. The molecule has 1 amide bonds. The third kappa shape index (κ3) is 4.57. The molecule has 1 aromatic carbocycles. The van der Waals surface area contributed by atoms with Crippen LogP contribution in [-0.4, -0.2) is 22.3 Å². The number of ether oxygens (including phenoxy) is 1. The Morgan fingerprint density at radius 1 is 1.18 bits per heavy atom. The number of nitrogens with one attached hydrogen (secondary N) is 1. The number of nitrogens with zero attached hydrogens (tertiary/aromatic N) is 2. The lowest BCUT2D eigenvalue weighted by molar-refractivity contribution is -0.120. The van der Waals surface area contributed by atoms with Crippen molar-refractivity contribution < 1.29 is 27.1 Å². The van der Waals surface area contributed by atoms with Gasteiger partial charge in [-0.05, 0) is 12.8 Å². The molecular weight excluding hydrogens is 402 g/mol. The minimum Gasteiger partial charge on any atom is -0.487 e. The molecule has 10 heteroatoms. The zero-order valence-corrected chi connectivity index (χ0v) is 16.6. The summed E-state index contributed by atoms with van der Waals surface area (Å²) in [6, 6.07) is 0. The summed E-state index contributed by atoms with van der Waals surface area (Å²) in [5, 5.41) is 6.56. The Labute approximate surface area is 164 Å². The third-order valence-electron chi connectivity index (χ3n) is 3.93. The predicted octanol–water partition coefficient (Wildman–Crippen LogP) is 3.83. The van der Waals surface area contributed by atoms with Gasteiger partial charge in [0.05, 0.1) is 29.4 Å². The lowest BCUT2D eigenvalue weighted by atomic mass is 10.1. The molecule has 0 aliphatic rings. The van der Waals surface area contributed by atoms with Gasteiger partial charge in [-0.2, -0.15) is 13.9 Å². The molecule has 0 unspecified atom stereocenters. The van der Waals surface area contributed by atoms with Crippen molar-refractivity contribution in [3.8, 4) is 5.75 Å². The molecule has 0 fully saturated rings. The van der Waals surface area contributed by atoms with Crippen LogP contribution in [0.2, 0.25) is 5.02 Å². The standard InChI is InChI=1S/C18H20ClF4N3O2/c1-8(2)7-28-18-16(22)14(20)10(15(21)17(18)23)6-24-12(27)5-11-13(19)9(3)25-26(11)4/h8H,5-7H2,1-4H3,(H,24,27). The highest BCUT2D eigenvalue weighted by atomic mass is 35.5. The number of aryl methyl sites for hydroxylation is 2. The highest BCUT2D eigenvalue weighted by molar-refractivity contribution is 6.32. The minimum absolute atomic E-state index is 0.105. The fraction of sp³-hybridized carbons (Fsp3) is 0.444. The van der Waals surface area contributed by atoms with Crippen LogP contribution in [0.5, 0.6) is 5.75 Å². The van der Waals surface area contributed by atoms with Gasteiger partial charge in [0.1, 0.15) is 0 Å². The van der Waals surface area contributed by atoms with E-state index in [2.05, 4.69) is 10.4 Å². The van der Waals surface area contributed by atoms with E-state index in [0.29, 0.717) is 16.4 Å². The smallest absolute Gasteiger partial charge is 0.226 e. The molecule has 1 N–H and O–H groups in total. The van der Waals surface area contributed by atoms with Gasteiger partial charge in [0.25, 0.3) is 0 Å². The zero-order chi connectivity index (χ0) is 21.2. The summed E-state index contributed by atoms with van der Waals surface area (Å²) in [6.45, 7) is 4.21. The molecule has 0 radical (unpaired) electrons. The van der Waals surface area contributed by atoms with Crippen LogP contribution >= 0.6 is 11.6 Å². The summed E-state index contributed by atoms with van der Waals surface area (Å²) in [6.07, 6.45) is -0.222. The third-order valence-corrected chi connectivity index (χ3v) is 4.42. The number of hydrogen-bond donors (Lipinski definition) is 1. The van der Waals surface area contributed by atoms with Crippen molar-refractivity contribution in [2.45, 2.75) is 33.7 Å². The van der Waals surface area contributed by atoms with Crippen molar-refractivity contribution in [1.82, 2.24) is 15.1 Å². The zero-order valence-electron chi connectivity index (χ0n) is 15.8. The SMILES string of the molecule is Cc1nn(C)c(CC(=O)NCc2c(F)c(F)c(OCC(C)C)c(F)c2F)c1Cl. The molecule has 0 bridgehead atoms.